The fourth-order valence-electron chi connectivity index (χ4n) is 2.35. The lowest BCUT2D eigenvalue weighted by atomic mass is 9.95. The van der Waals surface area contributed by atoms with Crippen molar-refractivity contribution in [2.24, 2.45) is 0 Å². The summed E-state index contributed by atoms with van der Waals surface area (Å²) in [7, 11) is 0. The highest BCUT2D eigenvalue weighted by Gasteiger charge is 2.15. The van der Waals surface area contributed by atoms with Crippen molar-refractivity contribution in [3.8, 4) is 0 Å². The predicted octanol–water partition coefficient (Wildman–Crippen LogP) is 2.16. The van der Waals surface area contributed by atoms with Gasteiger partial charge in [0.1, 0.15) is 0 Å². The Morgan fingerprint density at radius 3 is 2.63 bits per heavy atom. The molecule has 1 aromatic carbocycles. The normalized spacial score (nSPS) is 16.2. The van der Waals surface area contributed by atoms with Gasteiger partial charge in [-0.2, -0.15) is 5.48 Å². The second kappa shape index (κ2) is 7.92. The third-order valence-electron chi connectivity index (χ3n) is 3.39. The van der Waals surface area contributed by atoms with Crippen molar-refractivity contribution >= 4 is 5.91 Å². The molecule has 0 bridgehead atoms. The maximum absolute atomic E-state index is 11.7. The van der Waals surface area contributed by atoms with Gasteiger partial charge in [-0.25, -0.2) is 0 Å². The lowest BCUT2D eigenvalue weighted by Crippen LogP contribution is -2.41. The lowest BCUT2D eigenvalue weighted by Gasteiger charge is -2.22. The summed E-state index contributed by atoms with van der Waals surface area (Å²) in [5.41, 5.74) is 3.80. The van der Waals surface area contributed by atoms with Crippen molar-refractivity contribution in [1.29, 1.82) is 0 Å². The van der Waals surface area contributed by atoms with Gasteiger partial charge in [0.25, 0.3) is 0 Å². The SMILES string of the molecule is O=C(CNOCc1ccccc1)NC1CCCCC1. The van der Waals surface area contributed by atoms with Crippen LogP contribution in [-0.2, 0) is 16.2 Å². The fourth-order valence-corrected chi connectivity index (χ4v) is 2.35. The van der Waals surface area contributed by atoms with E-state index in [1.807, 2.05) is 30.3 Å². The summed E-state index contributed by atoms with van der Waals surface area (Å²) in [5, 5.41) is 3.04. The molecule has 0 spiro atoms. The van der Waals surface area contributed by atoms with Crippen LogP contribution in [0.3, 0.4) is 0 Å². The van der Waals surface area contributed by atoms with Crippen LogP contribution in [0.2, 0.25) is 0 Å². The summed E-state index contributed by atoms with van der Waals surface area (Å²) in [6.45, 7) is 0.681. The second-order valence-corrected chi connectivity index (χ2v) is 5.00. The summed E-state index contributed by atoms with van der Waals surface area (Å²) in [5.74, 6) is 0.0139. The highest BCUT2D eigenvalue weighted by Crippen LogP contribution is 2.17. The molecule has 19 heavy (non-hydrogen) atoms. The average Bonchev–Trinajstić information content (AvgIpc) is 2.46. The predicted molar refractivity (Wildman–Crippen MR) is 74.2 cm³/mol. The topological polar surface area (TPSA) is 50.4 Å². The summed E-state index contributed by atoms with van der Waals surface area (Å²) < 4.78 is 0. The summed E-state index contributed by atoms with van der Waals surface area (Å²) in [6.07, 6.45) is 5.96. The Bertz CT molecular complexity index is 375. The van der Waals surface area contributed by atoms with Crippen LogP contribution in [0.25, 0.3) is 0 Å². The van der Waals surface area contributed by atoms with Gasteiger partial charge in [-0.3, -0.25) is 9.63 Å². The second-order valence-electron chi connectivity index (χ2n) is 5.00. The molecule has 0 unspecified atom stereocenters. The third kappa shape index (κ3) is 5.41. The quantitative estimate of drug-likeness (QED) is 0.610. The summed E-state index contributed by atoms with van der Waals surface area (Å²) >= 11 is 0. The van der Waals surface area contributed by atoms with Gasteiger partial charge in [-0.15, -0.1) is 0 Å². The van der Waals surface area contributed by atoms with E-state index >= 15 is 0 Å². The van der Waals surface area contributed by atoms with Gasteiger partial charge in [-0.1, -0.05) is 49.6 Å². The van der Waals surface area contributed by atoms with Gasteiger partial charge >= 0.3 is 0 Å². The molecule has 0 heterocycles. The van der Waals surface area contributed by atoms with Gasteiger partial charge in [0, 0.05) is 6.04 Å². The molecule has 1 aliphatic rings. The van der Waals surface area contributed by atoms with E-state index in [0.29, 0.717) is 12.6 Å². The van der Waals surface area contributed by atoms with E-state index in [9.17, 15) is 4.79 Å². The van der Waals surface area contributed by atoms with Crippen molar-refractivity contribution in [1.82, 2.24) is 10.8 Å². The molecular weight excluding hydrogens is 240 g/mol. The van der Waals surface area contributed by atoms with Crippen molar-refractivity contribution < 1.29 is 9.63 Å². The Hall–Kier alpha value is -1.39. The van der Waals surface area contributed by atoms with Crippen molar-refractivity contribution in [3.63, 3.8) is 0 Å². The van der Waals surface area contributed by atoms with E-state index in [-0.39, 0.29) is 12.5 Å². The number of carbonyl (C=O) groups is 1. The minimum Gasteiger partial charge on any atom is -0.352 e. The molecule has 1 saturated carbocycles. The van der Waals surface area contributed by atoms with Crippen LogP contribution in [0.1, 0.15) is 37.7 Å². The average molecular weight is 262 g/mol. The van der Waals surface area contributed by atoms with E-state index in [4.69, 9.17) is 4.84 Å². The number of hydrogen-bond donors (Lipinski definition) is 2. The van der Waals surface area contributed by atoms with E-state index < -0.39 is 0 Å². The molecule has 2 rings (SSSR count). The van der Waals surface area contributed by atoms with Crippen molar-refractivity contribution in [2.75, 3.05) is 6.54 Å². The summed E-state index contributed by atoms with van der Waals surface area (Å²) in [4.78, 5) is 16.9. The largest absolute Gasteiger partial charge is 0.352 e. The van der Waals surface area contributed by atoms with Crippen molar-refractivity contribution in [2.45, 2.75) is 44.8 Å². The van der Waals surface area contributed by atoms with Crippen LogP contribution in [-0.4, -0.2) is 18.5 Å². The van der Waals surface area contributed by atoms with Gasteiger partial charge in [0.15, 0.2) is 0 Å². The number of hydrogen-bond acceptors (Lipinski definition) is 3. The number of amides is 1. The first kappa shape index (κ1) is 14.0. The van der Waals surface area contributed by atoms with Crippen molar-refractivity contribution in [3.05, 3.63) is 35.9 Å². The van der Waals surface area contributed by atoms with Crippen LogP contribution in [0.4, 0.5) is 0 Å². The minimum atomic E-state index is 0.0139. The van der Waals surface area contributed by atoms with Gasteiger partial charge in [0.05, 0.1) is 13.2 Å². The Balaban J connectivity index is 1.56. The van der Waals surface area contributed by atoms with Gasteiger partial charge in [-0.05, 0) is 18.4 Å². The maximum atomic E-state index is 11.7. The van der Waals surface area contributed by atoms with Crippen LogP contribution >= 0.6 is 0 Å². The molecule has 0 saturated heterocycles. The molecule has 0 aliphatic heterocycles. The minimum absolute atomic E-state index is 0.0139. The molecule has 0 radical (unpaired) electrons. The number of nitrogens with one attached hydrogen (secondary N) is 2. The molecule has 4 heteroatoms. The Kier molecular flexibility index (Phi) is 5.85. The molecule has 104 valence electrons. The Morgan fingerprint density at radius 1 is 1.16 bits per heavy atom. The zero-order chi connectivity index (χ0) is 13.3. The number of benzene rings is 1. The standard InChI is InChI=1S/C15H22N2O2/c18-15(17-14-9-5-2-6-10-14)11-16-19-12-13-7-3-1-4-8-13/h1,3-4,7-8,14,16H,2,5-6,9-12H2,(H,17,18). The molecule has 2 N–H and O–H groups in total. The van der Waals surface area contributed by atoms with E-state index in [1.165, 1.54) is 19.3 Å². The Labute approximate surface area is 114 Å². The number of carbonyl (C=O) groups excluding carboxylic acids is 1. The maximum Gasteiger partial charge on any atom is 0.236 e. The monoisotopic (exact) mass is 262 g/mol. The first-order valence-corrected chi connectivity index (χ1v) is 7.02. The molecule has 1 aromatic rings. The van der Waals surface area contributed by atoms with Crippen LogP contribution in [0, 0.1) is 0 Å². The zero-order valence-corrected chi connectivity index (χ0v) is 11.2. The molecule has 0 aromatic heterocycles. The number of rotatable bonds is 6. The Morgan fingerprint density at radius 2 is 1.89 bits per heavy atom. The smallest absolute Gasteiger partial charge is 0.236 e. The molecule has 0 atom stereocenters. The molecule has 4 nitrogen and oxygen atoms in total. The zero-order valence-electron chi connectivity index (χ0n) is 11.2. The molecule has 1 amide bonds. The van der Waals surface area contributed by atoms with Crippen LogP contribution < -0.4 is 10.8 Å². The van der Waals surface area contributed by atoms with Crippen LogP contribution in [0.5, 0.6) is 0 Å². The summed E-state index contributed by atoms with van der Waals surface area (Å²) in [6, 6.07) is 10.2. The lowest BCUT2D eigenvalue weighted by molar-refractivity contribution is -0.124. The van der Waals surface area contributed by atoms with Gasteiger partial charge in [0.2, 0.25) is 5.91 Å². The highest BCUT2D eigenvalue weighted by atomic mass is 16.6. The van der Waals surface area contributed by atoms with Gasteiger partial charge < -0.3 is 5.32 Å². The van der Waals surface area contributed by atoms with E-state index in [2.05, 4.69) is 10.8 Å². The molecule has 1 fully saturated rings. The first-order valence-electron chi connectivity index (χ1n) is 7.02. The number of hydroxylamine groups is 1. The third-order valence-corrected chi connectivity index (χ3v) is 3.39. The van der Waals surface area contributed by atoms with Crippen LogP contribution in [0.15, 0.2) is 30.3 Å². The first-order chi connectivity index (χ1) is 9.34. The fraction of sp³-hybridized carbons (Fsp3) is 0.533. The van der Waals surface area contributed by atoms with E-state index in [1.54, 1.807) is 0 Å². The highest BCUT2D eigenvalue weighted by molar-refractivity contribution is 5.78. The molecule has 1 aliphatic carbocycles. The van der Waals surface area contributed by atoms with E-state index in [0.717, 1.165) is 18.4 Å². The molecular formula is C15H22N2O2.